The van der Waals surface area contributed by atoms with Crippen LogP contribution in [0, 0.1) is 5.92 Å². The molecule has 0 spiro atoms. The highest BCUT2D eigenvalue weighted by Crippen LogP contribution is 2.68. The number of rotatable bonds is 11. The number of aromatic nitrogens is 1. The third-order valence-corrected chi connectivity index (χ3v) is 11.7. The second-order valence-corrected chi connectivity index (χ2v) is 16.8. The maximum atomic E-state index is 4.82. The van der Waals surface area contributed by atoms with Crippen LogP contribution in [0.25, 0.3) is 10.9 Å². The molecule has 0 unspecified atom stereocenters. The first-order valence-corrected chi connectivity index (χ1v) is 17.3. The van der Waals surface area contributed by atoms with Gasteiger partial charge in [0.2, 0.25) is 0 Å². The fourth-order valence-corrected chi connectivity index (χ4v) is 8.74. The second kappa shape index (κ2) is 13.1. The highest BCUT2D eigenvalue weighted by Gasteiger charge is 2.36. The summed E-state index contributed by atoms with van der Waals surface area (Å²) in [5.41, 5.74) is 3.98. The number of anilines is 1. The zero-order chi connectivity index (χ0) is 23.8. The first-order chi connectivity index (χ1) is 15.9. The minimum Gasteiger partial charge on any atom is -0.350 e. The molecule has 2 nitrogen and oxygen atoms in total. The normalized spacial score (nSPS) is 17.4. The number of fused-ring (bicyclic) bond motifs is 1. The first-order valence-electron chi connectivity index (χ1n) is 13.5. The third-order valence-electron chi connectivity index (χ3n) is 7.43. The minimum absolute atomic E-state index is 0.642. The topological polar surface area (TPSA) is 17.0 Å². The summed E-state index contributed by atoms with van der Waals surface area (Å²) in [5, 5.41) is 2.03. The van der Waals surface area contributed by atoms with E-state index in [0.29, 0.717) is 11.2 Å². The number of nitrogens with one attached hydrogen (secondary N) is 1. The van der Waals surface area contributed by atoms with Gasteiger partial charge in [-0.3, -0.25) is 0 Å². The van der Waals surface area contributed by atoms with E-state index in [4.69, 9.17) is 23.3 Å². The second-order valence-electron chi connectivity index (χ2n) is 10.4. The summed E-state index contributed by atoms with van der Waals surface area (Å²) >= 11 is 9.64. The Morgan fingerprint density at radius 3 is 2.24 bits per heavy atom. The first kappa shape index (κ1) is 27.2. The Labute approximate surface area is 215 Å². The Balaban J connectivity index is 0.000000286. The Bertz CT molecular complexity index is 844. The van der Waals surface area contributed by atoms with Crippen LogP contribution in [0.5, 0.6) is 0 Å². The van der Waals surface area contributed by atoms with Gasteiger partial charge in [-0.15, -0.1) is 23.3 Å². The van der Waals surface area contributed by atoms with Crippen molar-refractivity contribution < 1.29 is 0 Å². The molecule has 33 heavy (non-hydrogen) atoms. The van der Waals surface area contributed by atoms with Gasteiger partial charge in [0.15, 0.2) is 0 Å². The summed E-state index contributed by atoms with van der Waals surface area (Å²) in [5.74, 6) is 1.77. The van der Waals surface area contributed by atoms with E-state index in [9.17, 15) is 0 Å². The lowest BCUT2D eigenvalue weighted by atomic mass is 9.90. The molecule has 0 saturated heterocycles. The van der Waals surface area contributed by atoms with Crippen molar-refractivity contribution in [1.29, 1.82) is 0 Å². The summed E-state index contributed by atoms with van der Waals surface area (Å²) in [6.45, 7) is 6.86. The lowest BCUT2D eigenvalue weighted by Crippen LogP contribution is -2.03. The van der Waals surface area contributed by atoms with E-state index in [1.165, 1.54) is 99.9 Å². The molecule has 2 saturated carbocycles. The summed E-state index contributed by atoms with van der Waals surface area (Å²) in [4.78, 5) is 0. The zero-order valence-corrected chi connectivity index (χ0v) is 24.1. The molecular formula is C28H48N2S3. The van der Waals surface area contributed by atoms with E-state index >= 15 is 0 Å². The molecule has 2 aliphatic carbocycles. The molecule has 1 aromatic carbocycles. The predicted octanol–water partition coefficient (Wildman–Crippen LogP) is 10.2. The zero-order valence-electron chi connectivity index (χ0n) is 21.5. The highest BCUT2D eigenvalue weighted by molar-refractivity contribution is 9.18. The van der Waals surface area contributed by atoms with Crippen LogP contribution >= 0.6 is 31.6 Å². The van der Waals surface area contributed by atoms with Crippen LogP contribution < -0.4 is 4.72 Å². The Kier molecular flexibility index (Phi) is 10.8. The van der Waals surface area contributed by atoms with E-state index < -0.39 is 8.28 Å². The summed E-state index contributed by atoms with van der Waals surface area (Å²) in [6.07, 6.45) is 20.3. The number of hydrogen-bond acceptors (Lipinski definition) is 3. The molecule has 0 amide bonds. The van der Waals surface area contributed by atoms with Gasteiger partial charge in [0, 0.05) is 35.1 Å². The van der Waals surface area contributed by atoms with Gasteiger partial charge >= 0.3 is 0 Å². The predicted molar refractivity (Wildman–Crippen MR) is 159 cm³/mol. The Morgan fingerprint density at radius 2 is 1.67 bits per heavy atom. The Hall–Kier alpha value is -0.390. The molecule has 4 rings (SSSR count). The number of aryl methyl sites for hydroxylation is 1. The van der Waals surface area contributed by atoms with E-state index in [1.54, 1.807) is 0 Å². The summed E-state index contributed by atoms with van der Waals surface area (Å²) < 4.78 is 5.89. The standard InChI is InChI=1S/C19H30N2S3.C9H18/c1-4-6-14(7-5-2)18-13-21(3)19-11-8-15(12-17(18)19)20-24(22,23)16-9-10-16;1-2-3-6-9-7-4-5-8-9/h8,11-14,16,20,22-23H,4-7,9-10H2,1-3H3;9H,2-8H2,1H3. The maximum Gasteiger partial charge on any atom is 0.0482 e. The number of hydrogen-bond donors (Lipinski definition) is 3. The van der Waals surface area contributed by atoms with E-state index in [-0.39, 0.29) is 0 Å². The van der Waals surface area contributed by atoms with Gasteiger partial charge in [-0.25, -0.2) is 0 Å². The Morgan fingerprint density at radius 1 is 1.00 bits per heavy atom. The monoisotopic (exact) mass is 508 g/mol. The minimum atomic E-state index is -1.32. The molecule has 1 N–H and O–H groups in total. The molecule has 2 fully saturated rings. The molecule has 0 radical (unpaired) electrons. The molecule has 188 valence electrons. The molecule has 5 heteroatoms. The van der Waals surface area contributed by atoms with Crippen molar-refractivity contribution in [3.63, 3.8) is 0 Å². The van der Waals surface area contributed by atoms with E-state index in [2.05, 4.69) is 61.5 Å². The van der Waals surface area contributed by atoms with Crippen molar-refractivity contribution in [2.75, 3.05) is 4.72 Å². The van der Waals surface area contributed by atoms with Crippen LogP contribution in [0.15, 0.2) is 24.4 Å². The van der Waals surface area contributed by atoms with Crippen molar-refractivity contribution in [3.05, 3.63) is 30.0 Å². The van der Waals surface area contributed by atoms with Crippen LogP contribution in [0.4, 0.5) is 5.69 Å². The van der Waals surface area contributed by atoms with Crippen molar-refractivity contribution in [1.82, 2.24) is 4.57 Å². The number of thiol groups is 2. The lowest BCUT2D eigenvalue weighted by molar-refractivity contribution is 0.480. The molecular weight excluding hydrogens is 461 g/mol. The number of nitrogens with zero attached hydrogens (tertiary/aromatic N) is 1. The quantitative estimate of drug-likeness (QED) is 0.203. The molecule has 0 aliphatic heterocycles. The fourth-order valence-electron chi connectivity index (χ4n) is 5.41. The number of unbranched alkanes of at least 4 members (excludes halogenated alkanes) is 1. The maximum absolute atomic E-state index is 4.82. The van der Waals surface area contributed by atoms with Crippen LogP contribution in [0.3, 0.4) is 0 Å². The van der Waals surface area contributed by atoms with Crippen molar-refractivity contribution in [2.24, 2.45) is 13.0 Å². The van der Waals surface area contributed by atoms with Gasteiger partial charge in [0.05, 0.1) is 0 Å². The lowest BCUT2D eigenvalue weighted by Gasteiger charge is -2.30. The molecule has 1 heterocycles. The number of benzene rings is 1. The largest absolute Gasteiger partial charge is 0.350 e. The fraction of sp³-hybridized carbons (Fsp3) is 0.714. The van der Waals surface area contributed by atoms with Crippen molar-refractivity contribution in [3.8, 4) is 0 Å². The molecule has 0 atom stereocenters. The van der Waals surface area contributed by atoms with Gasteiger partial charge in [-0.1, -0.05) is 86.8 Å². The summed E-state index contributed by atoms with van der Waals surface area (Å²) in [7, 11) is 0.834. The van der Waals surface area contributed by atoms with E-state index in [1.807, 2.05) is 0 Å². The van der Waals surface area contributed by atoms with Crippen LogP contribution in [-0.2, 0) is 7.05 Å². The highest BCUT2D eigenvalue weighted by atomic mass is 33.5. The van der Waals surface area contributed by atoms with Crippen LogP contribution in [-0.4, -0.2) is 9.82 Å². The van der Waals surface area contributed by atoms with Crippen molar-refractivity contribution in [2.45, 2.75) is 115 Å². The van der Waals surface area contributed by atoms with Gasteiger partial charge in [0.1, 0.15) is 0 Å². The summed E-state index contributed by atoms with van der Waals surface area (Å²) in [6, 6.07) is 6.73. The molecule has 1 aromatic heterocycles. The molecule has 2 aromatic rings. The van der Waals surface area contributed by atoms with Crippen LogP contribution in [0.2, 0.25) is 0 Å². The molecule has 2 aliphatic rings. The third kappa shape index (κ3) is 7.80. The molecule has 0 bridgehead atoms. The average Bonchev–Trinajstić information content (AvgIpc) is 3.45. The SMILES string of the molecule is CCCC(CCC)c1cn(C)c2ccc(NS(S)(S)C3CC3)cc12.CCCCC1CCCC1. The average molecular weight is 509 g/mol. The van der Waals surface area contributed by atoms with Crippen LogP contribution in [0.1, 0.15) is 116 Å². The van der Waals surface area contributed by atoms with E-state index in [0.717, 1.165) is 11.6 Å². The smallest absolute Gasteiger partial charge is 0.0482 e. The van der Waals surface area contributed by atoms with Gasteiger partial charge in [-0.2, -0.15) is 0 Å². The van der Waals surface area contributed by atoms with Gasteiger partial charge in [0.25, 0.3) is 0 Å². The van der Waals surface area contributed by atoms with Gasteiger partial charge < -0.3 is 9.29 Å². The van der Waals surface area contributed by atoms with Crippen molar-refractivity contribution >= 4 is 48.2 Å². The van der Waals surface area contributed by atoms with Gasteiger partial charge in [-0.05, 0) is 61.3 Å².